The van der Waals surface area contributed by atoms with Crippen LogP contribution in [0.2, 0.25) is 0 Å². The van der Waals surface area contributed by atoms with Crippen LogP contribution in [0.5, 0.6) is 0 Å². The fraction of sp³-hybridized carbons (Fsp3) is 0.783. The number of rotatable bonds is 5. The smallest absolute Gasteiger partial charge is 0.312 e. The maximum Gasteiger partial charge on any atom is 0.312 e. The molecule has 3 rings (SSSR count). The Labute approximate surface area is 163 Å². The molecule has 3 aliphatic rings. The van der Waals surface area contributed by atoms with Gasteiger partial charge in [-0.15, -0.1) is 0 Å². The van der Waals surface area contributed by atoms with E-state index in [4.69, 9.17) is 9.84 Å². The maximum absolute atomic E-state index is 13.0. The van der Waals surface area contributed by atoms with Crippen LogP contribution in [0.3, 0.4) is 0 Å². The summed E-state index contributed by atoms with van der Waals surface area (Å²) in [6, 6.07) is 0. The lowest BCUT2D eigenvalue weighted by molar-refractivity contribution is -0.169. The number of aliphatic hydroxyl groups excluding tert-OH is 2. The molecule has 4 heteroatoms. The Hall–Kier alpha value is -1.13. The number of carbonyl (C=O) groups is 1. The maximum atomic E-state index is 13.0. The van der Waals surface area contributed by atoms with Crippen molar-refractivity contribution in [2.75, 3.05) is 13.2 Å². The van der Waals surface area contributed by atoms with E-state index in [9.17, 15) is 9.90 Å². The Balaban J connectivity index is 1.83. The molecule has 0 saturated heterocycles. The van der Waals surface area contributed by atoms with E-state index in [0.29, 0.717) is 29.6 Å². The van der Waals surface area contributed by atoms with Crippen molar-refractivity contribution < 1.29 is 19.7 Å². The van der Waals surface area contributed by atoms with Crippen LogP contribution in [-0.2, 0) is 9.53 Å². The van der Waals surface area contributed by atoms with E-state index in [1.807, 2.05) is 0 Å². The highest BCUT2D eigenvalue weighted by molar-refractivity contribution is 5.77. The minimum Gasteiger partial charge on any atom is -0.462 e. The van der Waals surface area contributed by atoms with E-state index in [1.54, 1.807) is 5.57 Å². The Bertz CT molecular complexity index is 620. The van der Waals surface area contributed by atoms with Gasteiger partial charge >= 0.3 is 5.97 Å². The van der Waals surface area contributed by atoms with E-state index in [2.05, 4.69) is 39.8 Å². The molecule has 1 fully saturated rings. The highest BCUT2D eigenvalue weighted by Gasteiger charge is 2.54. The van der Waals surface area contributed by atoms with Gasteiger partial charge in [0.1, 0.15) is 12.7 Å². The summed E-state index contributed by atoms with van der Waals surface area (Å²) < 4.78 is 5.42. The van der Waals surface area contributed by atoms with Gasteiger partial charge in [-0.2, -0.15) is 0 Å². The Morgan fingerprint density at radius 1 is 1.37 bits per heavy atom. The second-order valence-electron chi connectivity index (χ2n) is 9.51. The van der Waals surface area contributed by atoms with Gasteiger partial charge in [0.05, 0.1) is 12.0 Å². The lowest BCUT2D eigenvalue weighted by Crippen LogP contribution is -2.50. The summed E-state index contributed by atoms with van der Waals surface area (Å²) in [5.74, 6) is 2.37. The van der Waals surface area contributed by atoms with Crippen LogP contribution in [0.15, 0.2) is 23.3 Å². The van der Waals surface area contributed by atoms with Crippen molar-refractivity contribution in [1.82, 2.24) is 0 Å². The quantitative estimate of drug-likeness (QED) is 0.715. The number of fused-ring (bicyclic) bond motifs is 3. The summed E-state index contributed by atoms with van der Waals surface area (Å²) in [6.07, 6.45) is 8.98. The van der Waals surface area contributed by atoms with E-state index in [-0.39, 0.29) is 19.2 Å². The lowest BCUT2D eigenvalue weighted by Gasteiger charge is -2.53. The second kappa shape index (κ2) is 8.08. The molecular formula is C23H36O4. The standard InChI is InChI=1S/C23H36O4/c1-14(2)16-5-7-19-17(11-16)6-8-20-21(19)15(3)9-10-23(20,4)22(26)27-13-18(25)12-24/h6,11,14-15,18-21,24-25H,5,7-10,12-13H2,1-4H3/t15-,18?,19+,20?,21?,23-/m1/s1. The lowest BCUT2D eigenvalue weighted by atomic mass is 9.51. The van der Waals surface area contributed by atoms with Crippen LogP contribution in [0.4, 0.5) is 0 Å². The third-order valence-corrected chi connectivity index (χ3v) is 7.48. The number of esters is 1. The van der Waals surface area contributed by atoms with Crippen molar-refractivity contribution in [3.05, 3.63) is 23.3 Å². The zero-order chi connectivity index (χ0) is 19.8. The molecule has 4 nitrogen and oxygen atoms in total. The van der Waals surface area contributed by atoms with Gasteiger partial charge in [-0.1, -0.05) is 38.5 Å². The molecule has 152 valence electrons. The molecule has 0 spiro atoms. The first kappa shape index (κ1) is 20.6. The minimum absolute atomic E-state index is 0.122. The largest absolute Gasteiger partial charge is 0.462 e. The van der Waals surface area contributed by atoms with Crippen LogP contribution in [0.25, 0.3) is 0 Å². The fourth-order valence-corrected chi connectivity index (χ4v) is 5.69. The minimum atomic E-state index is -0.994. The molecule has 0 bridgehead atoms. The Morgan fingerprint density at radius 3 is 2.78 bits per heavy atom. The molecule has 0 radical (unpaired) electrons. The molecule has 3 aliphatic carbocycles. The zero-order valence-electron chi connectivity index (χ0n) is 17.3. The molecule has 6 atom stereocenters. The molecule has 27 heavy (non-hydrogen) atoms. The first-order valence-corrected chi connectivity index (χ1v) is 10.6. The number of allylic oxidation sites excluding steroid dienone is 4. The van der Waals surface area contributed by atoms with Crippen molar-refractivity contribution in [1.29, 1.82) is 0 Å². The topological polar surface area (TPSA) is 66.8 Å². The van der Waals surface area contributed by atoms with Gasteiger partial charge < -0.3 is 14.9 Å². The van der Waals surface area contributed by atoms with Crippen molar-refractivity contribution >= 4 is 5.97 Å². The van der Waals surface area contributed by atoms with E-state index in [0.717, 1.165) is 19.3 Å². The first-order valence-electron chi connectivity index (χ1n) is 10.6. The SMILES string of the molecule is CC(C)C1=CC2=CCC3C([C@H](C)CC[C@@]3(C)C(=O)OCC(O)CO)[C@H]2CC1. The van der Waals surface area contributed by atoms with Crippen LogP contribution in [-0.4, -0.2) is 35.5 Å². The molecule has 2 N–H and O–H groups in total. The predicted molar refractivity (Wildman–Crippen MR) is 106 cm³/mol. The highest BCUT2D eigenvalue weighted by Crippen LogP contribution is 2.57. The molecular weight excluding hydrogens is 340 g/mol. The first-order chi connectivity index (χ1) is 12.8. The number of ether oxygens (including phenoxy) is 1. The number of aliphatic hydroxyl groups is 2. The van der Waals surface area contributed by atoms with Crippen LogP contribution in [0.1, 0.15) is 59.8 Å². The van der Waals surface area contributed by atoms with E-state index < -0.39 is 11.5 Å². The molecule has 0 heterocycles. The van der Waals surface area contributed by atoms with E-state index in [1.165, 1.54) is 18.4 Å². The van der Waals surface area contributed by atoms with Gasteiger partial charge in [-0.05, 0) is 74.2 Å². The van der Waals surface area contributed by atoms with Crippen LogP contribution < -0.4 is 0 Å². The fourth-order valence-electron chi connectivity index (χ4n) is 5.69. The number of hydrogen-bond donors (Lipinski definition) is 2. The zero-order valence-corrected chi connectivity index (χ0v) is 17.3. The molecule has 0 amide bonds. The van der Waals surface area contributed by atoms with Crippen LogP contribution >= 0.6 is 0 Å². The third-order valence-electron chi connectivity index (χ3n) is 7.48. The average molecular weight is 377 g/mol. The summed E-state index contributed by atoms with van der Waals surface area (Å²) in [7, 11) is 0. The monoisotopic (exact) mass is 376 g/mol. The molecule has 0 aromatic rings. The summed E-state index contributed by atoms with van der Waals surface area (Å²) in [6.45, 7) is 8.45. The van der Waals surface area contributed by atoms with Crippen molar-refractivity contribution in [3.8, 4) is 0 Å². The van der Waals surface area contributed by atoms with E-state index >= 15 is 0 Å². The van der Waals surface area contributed by atoms with Crippen molar-refractivity contribution in [2.45, 2.75) is 65.9 Å². The number of hydrogen-bond acceptors (Lipinski definition) is 4. The van der Waals surface area contributed by atoms with Gasteiger partial charge in [-0.25, -0.2) is 0 Å². The van der Waals surface area contributed by atoms with Crippen LogP contribution in [0, 0.1) is 35.0 Å². The Kier molecular flexibility index (Phi) is 6.17. The summed E-state index contributed by atoms with van der Waals surface area (Å²) in [4.78, 5) is 13.0. The molecule has 0 aromatic carbocycles. The van der Waals surface area contributed by atoms with Gasteiger partial charge in [0.2, 0.25) is 0 Å². The Morgan fingerprint density at radius 2 is 2.11 bits per heavy atom. The summed E-state index contributed by atoms with van der Waals surface area (Å²) in [5, 5.41) is 18.5. The van der Waals surface area contributed by atoms with Gasteiger partial charge in [-0.3, -0.25) is 4.79 Å². The summed E-state index contributed by atoms with van der Waals surface area (Å²) in [5.41, 5.74) is 2.54. The molecule has 3 unspecified atom stereocenters. The number of carbonyl (C=O) groups excluding carboxylic acids is 1. The van der Waals surface area contributed by atoms with Crippen molar-refractivity contribution in [3.63, 3.8) is 0 Å². The third kappa shape index (κ3) is 3.88. The predicted octanol–water partition coefficient (Wildman–Crippen LogP) is 3.87. The molecule has 0 aliphatic heterocycles. The average Bonchev–Trinajstić information content (AvgIpc) is 2.67. The molecule has 1 saturated carbocycles. The molecule has 0 aromatic heterocycles. The van der Waals surface area contributed by atoms with Gasteiger partial charge in [0, 0.05) is 0 Å². The van der Waals surface area contributed by atoms with Gasteiger partial charge in [0.25, 0.3) is 0 Å². The van der Waals surface area contributed by atoms with Crippen molar-refractivity contribution in [2.24, 2.45) is 35.0 Å². The van der Waals surface area contributed by atoms with Gasteiger partial charge in [0.15, 0.2) is 0 Å². The summed E-state index contributed by atoms with van der Waals surface area (Å²) >= 11 is 0. The highest BCUT2D eigenvalue weighted by atomic mass is 16.5. The normalized spacial score (nSPS) is 37.0. The second-order valence-corrected chi connectivity index (χ2v) is 9.51.